The van der Waals surface area contributed by atoms with E-state index in [-0.39, 0.29) is 17.9 Å². The van der Waals surface area contributed by atoms with Crippen molar-refractivity contribution >= 4 is 11.9 Å². The number of hydrogen-bond donors (Lipinski definition) is 0. The number of ether oxygens (including phenoxy) is 1. The summed E-state index contributed by atoms with van der Waals surface area (Å²) < 4.78 is 5.47. The van der Waals surface area contributed by atoms with E-state index in [2.05, 4.69) is 0 Å². The lowest BCUT2D eigenvalue weighted by Gasteiger charge is -2.36. The fourth-order valence-corrected chi connectivity index (χ4v) is 2.73. The zero-order valence-corrected chi connectivity index (χ0v) is 13.7. The number of Topliss-reactive ketones (excluding diaryl/α,β-unsaturated/α-hetero) is 1. The van der Waals surface area contributed by atoms with Crippen molar-refractivity contribution in [3.8, 4) is 0 Å². The highest BCUT2D eigenvalue weighted by atomic mass is 16.6. The minimum absolute atomic E-state index is 0.0590. The Morgan fingerprint density at radius 3 is 2.50 bits per heavy atom. The molecule has 1 aromatic rings. The molecule has 0 unspecified atom stereocenters. The summed E-state index contributed by atoms with van der Waals surface area (Å²) in [5, 5.41) is 0. The lowest BCUT2D eigenvalue weighted by Crippen LogP contribution is -2.46. The number of amides is 1. The first-order valence-corrected chi connectivity index (χ1v) is 7.95. The zero-order chi connectivity index (χ0) is 16.2. The lowest BCUT2D eigenvalue weighted by atomic mass is 9.95. The van der Waals surface area contributed by atoms with Crippen LogP contribution in [0.1, 0.15) is 56.8 Å². The molecule has 0 aliphatic carbocycles. The number of nitrogens with zero attached hydrogens (tertiary/aromatic N) is 1. The van der Waals surface area contributed by atoms with Crippen LogP contribution in [0.2, 0.25) is 0 Å². The number of piperidine rings is 1. The Labute approximate surface area is 132 Å². The van der Waals surface area contributed by atoms with Crippen LogP contribution >= 0.6 is 0 Å². The highest BCUT2D eigenvalue weighted by Gasteiger charge is 2.31. The molecule has 1 atom stereocenters. The second-order valence-corrected chi connectivity index (χ2v) is 6.82. The first-order chi connectivity index (χ1) is 10.4. The summed E-state index contributed by atoms with van der Waals surface area (Å²) in [4.78, 5) is 26.5. The van der Waals surface area contributed by atoms with Crippen LogP contribution in [0.25, 0.3) is 0 Å². The Kier molecular flexibility index (Phi) is 5.22. The smallest absolute Gasteiger partial charge is 0.410 e. The summed E-state index contributed by atoms with van der Waals surface area (Å²) in [6.45, 7) is 6.25. The molecule has 0 spiro atoms. The summed E-state index contributed by atoms with van der Waals surface area (Å²) in [5.74, 6) is 0.0843. The minimum atomic E-state index is -0.511. The van der Waals surface area contributed by atoms with Crippen molar-refractivity contribution in [1.29, 1.82) is 0 Å². The monoisotopic (exact) mass is 303 g/mol. The average molecular weight is 303 g/mol. The van der Waals surface area contributed by atoms with Gasteiger partial charge in [0.05, 0.1) is 0 Å². The molecule has 0 N–H and O–H groups in total. The van der Waals surface area contributed by atoms with Gasteiger partial charge >= 0.3 is 6.09 Å². The molecular weight excluding hydrogens is 278 g/mol. The SMILES string of the molecule is CC(C)(C)OC(=O)N1CCCC[C@@H]1CC(=O)c1ccccc1. The molecule has 0 saturated carbocycles. The van der Waals surface area contributed by atoms with Gasteiger partial charge in [-0.2, -0.15) is 0 Å². The molecule has 2 rings (SSSR count). The summed E-state index contributed by atoms with van der Waals surface area (Å²) >= 11 is 0. The molecule has 0 aromatic heterocycles. The number of ketones is 1. The number of carbonyl (C=O) groups is 2. The second kappa shape index (κ2) is 6.95. The highest BCUT2D eigenvalue weighted by Crippen LogP contribution is 2.23. The maximum absolute atomic E-state index is 12.4. The molecule has 1 saturated heterocycles. The van der Waals surface area contributed by atoms with Gasteiger partial charge in [0.15, 0.2) is 5.78 Å². The van der Waals surface area contributed by atoms with Gasteiger partial charge in [-0.1, -0.05) is 30.3 Å². The number of rotatable bonds is 3. The van der Waals surface area contributed by atoms with Crippen molar-refractivity contribution in [3.05, 3.63) is 35.9 Å². The first-order valence-electron chi connectivity index (χ1n) is 7.95. The Morgan fingerprint density at radius 1 is 1.18 bits per heavy atom. The van der Waals surface area contributed by atoms with E-state index in [1.807, 2.05) is 51.1 Å². The van der Waals surface area contributed by atoms with E-state index < -0.39 is 5.60 Å². The van der Waals surface area contributed by atoms with Gasteiger partial charge in [-0.15, -0.1) is 0 Å². The van der Waals surface area contributed by atoms with Crippen LogP contribution in [-0.2, 0) is 4.74 Å². The maximum atomic E-state index is 12.4. The Balaban J connectivity index is 2.04. The van der Waals surface area contributed by atoms with Gasteiger partial charge in [0, 0.05) is 24.6 Å². The lowest BCUT2D eigenvalue weighted by molar-refractivity contribution is 0.00946. The third-order valence-corrected chi connectivity index (χ3v) is 3.77. The van der Waals surface area contributed by atoms with E-state index in [1.165, 1.54) is 0 Å². The fourth-order valence-electron chi connectivity index (χ4n) is 2.73. The average Bonchev–Trinajstić information content (AvgIpc) is 2.47. The van der Waals surface area contributed by atoms with Gasteiger partial charge in [0.25, 0.3) is 0 Å². The summed E-state index contributed by atoms with van der Waals surface area (Å²) in [6, 6.07) is 9.20. The molecule has 0 radical (unpaired) electrons. The number of benzene rings is 1. The topological polar surface area (TPSA) is 46.6 Å². The third-order valence-electron chi connectivity index (χ3n) is 3.77. The molecule has 1 aliphatic heterocycles. The molecule has 0 bridgehead atoms. The van der Waals surface area contributed by atoms with E-state index in [4.69, 9.17) is 4.74 Å². The molecular formula is C18H25NO3. The minimum Gasteiger partial charge on any atom is -0.444 e. The maximum Gasteiger partial charge on any atom is 0.410 e. The first kappa shape index (κ1) is 16.5. The second-order valence-electron chi connectivity index (χ2n) is 6.82. The van der Waals surface area contributed by atoms with E-state index in [0.717, 1.165) is 19.3 Å². The van der Waals surface area contributed by atoms with Gasteiger partial charge < -0.3 is 9.64 Å². The van der Waals surface area contributed by atoms with Crippen molar-refractivity contribution in [2.75, 3.05) is 6.54 Å². The molecule has 1 heterocycles. The van der Waals surface area contributed by atoms with Crippen molar-refractivity contribution in [2.45, 2.75) is 58.1 Å². The molecule has 1 amide bonds. The van der Waals surface area contributed by atoms with Crippen molar-refractivity contribution in [1.82, 2.24) is 4.90 Å². The third kappa shape index (κ3) is 4.58. The molecule has 1 aromatic carbocycles. The van der Waals surface area contributed by atoms with Crippen LogP contribution < -0.4 is 0 Å². The number of carbonyl (C=O) groups excluding carboxylic acids is 2. The molecule has 120 valence electrons. The highest BCUT2D eigenvalue weighted by molar-refractivity contribution is 5.96. The molecule has 4 heteroatoms. The van der Waals surface area contributed by atoms with E-state index in [0.29, 0.717) is 18.5 Å². The Bertz CT molecular complexity index is 519. The molecule has 4 nitrogen and oxygen atoms in total. The Morgan fingerprint density at radius 2 is 1.86 bits per heavy atom. The van der Waals surface area contributed by atoms with E-state index >= 15 is 0 Å². The zero-order valence-electron chi connectivity index (χ0n) is 13.7. The van der Waals surface area contributed by atoms with Crippen LogP contribution in [0.4, 0.5) is 4.79 Å². The van der Waals surface area contributed by atoms with Gasteiger partial charge in [-0.3, -0.25) is 4.79 Å². The molecule has 22 heavy (non-hydrogen) atoms. The standard InChI is InChI=1S/C18H25NO3/c1-18(2,3)22-17(21)19-12-8-7-11-15(19)13-16(20)14-9-5-4-6-10-14/h4-6,9-10,15H,7-8,11-13H2,1-3H3/t15-/m1/s1. The van der Waals surface area contributed by atoms with Crippen molar-refractivity contribution < 1.29 is 14.3 Å². The van der Waals surface area contributed by atoms with Gasteiger partial charge in [-0.05, 0) is 40.0 Å². The van der Waals surface area contributed by atoms with E-state index in [9.17, 15) is 9.59 Å². The fraction of sp³-hybridized carbons (Fsp3) is 0.556. The van der Waals surface area contributed by atoms with Crippen molar-refractivity contribution in [3.63, 3.8) is 0 Å². The number of likely N-dealkylation sites (tertiary alicyclic amines) is 1. The van der Waals surface area contributed by atoms with Crippen LogP contribution in [0, 0.1) is 0 Å². The van der Waals surface area contributed by atoms with Gasteiger partial charge in [0.1, 0.15) is 5.60 Å². The van der Waals surface area contributed by atoms with Gasteiger partial charge in [0.2, 0.25) is 0 Å². The predicted octanol–water partition coefficient (Wildman–Crippen LogP) is 4.05. The summed E-state index contributed by atoms with van der Waals surface area (Å²) in [7, 11) is 0. The quantitative estimate of drug-likeness (QED) is 0.791. The largest absolute Gasteiger partial charge is 0.444 e. The molecule has 1 aliphatic rings. The number of hydrogen-bond acceptors (Lipinski definition) is 3. The van der Waals surface area contributed by atoms with Crippen LogP contribution in [0.15, 0.2) is 30.3 Å². The van der Waals surface area contributed by atoms with Crippen LogP contribution in [0.3, 0.4) is 0 Å². The van der Waals surface area contributed by atoms with Crippen LogP contribution in [-0.4, -0.2) is 35.0 Å². The van der Waals surface area contributed by atoms with Gasteiger partial charge in [-0.25, -0.2) is 4.79 Å². The summed E-state index contributed by atoms with van der Waals surface area (Å²) in [5.41, 5.74) is 0.194. The van der Waals surface area contributed by atoms with E-state index in [1.54, 1.807) is 4.90 Å². The summed E-state index contributed by atoms with van der Waals surface area (Å²) in [6.07, 6.45) is 2.93. The Hall–Kier alpha value is -1.84. The van der Waals surface area contributed by atoms with Crippen LogP contribution in [0.5, 0.6) is 0 Å². The van der Waals surface area contributed by atoms with Crippen molar-refractivity contribution in [2.24, 2.45) is 0 Å². The normalized spacial score (nSPS) is 18.9. The molecule has 1 fully saturated rings. The predicted molar refractivity (Wildman–Crippen MR) is 86.0 cm³/mol.